The summed E-state index contributed by atoms with van der Waals surface area (Å²) in [5.74, 6) is 0.708. The Hall–Kier alpha value is -2.21. The minimum absolute atomic E-state index is 0.0976. The van der Waals surface area contributed by atoms with Gasteiger partial charge in [0.05, 0.1) is 12.3 Å². The number of ether oxygens (including phenoxy) is 1. The van der Waals surface area contributed by atoms with Crippen LogP contribution in [0.1, 0.15) is 17.0 Å². The Morgan fingerprint density at radius 2 is 2.16 bits per heavy atom. The molecule has 100 valence electrons. The summed E-state index contributed by atoms with van der Waals surface area (Å²) >= 11 is 0. The SMILES string of the molecule is COCc1cc(NCc2cc(C)[nH]c(=O)c2)ncn1. The van der Waals surface area contributed by atoms with Crippen LogP contribution in [0.15, 0.2) is 29.3 Å². The van der Waals surface area contributed by atoms with Crippen molar-refractivity contribution in [3.05, 3.63) is 51.8 Å². The van der Waals surface area contributed by atoms with Crippen molar-refractivity contribution < 1.29 is 4.74 Å². The molecule has 2 N–H and O–H groups in total. The van der Waals surface area contributed by atoms with E-state index >= 15 is 0 Å². The number of aryl methyl sites for hydroxylation is 1. The van der Waals surface area contributed by atoms with Crippen molar-refractivity contribution in [2.75, 3.05) is 12.4 Å². The lowest BCUT2D eigenvalue weighted by molar-refractivity contribution is 0.181. The zero-order chi connectivity index (χ0) is 13.7. The molecule has 0 spiro atoms. The number of nitrogens with one attached hydrogen (secondary N) is 2. The normalized spacial score (nSPS) is 10.4. The van der Waals surface area contributed by atoms with E-state index in [1.54, 1.807) is 13.2 Å². The van der Waals surface area contributed by atoms with Crippen LogP contribution in [0.2, 0.25) is 0 Å². The van der Waals surface area contributed by atoms with Gasteiger partial charge in [0.1, 0.15) is 12.1 Å². The molecular weight excluding hydrogens is 244 g/mol. The second kappa shape index (κ2) is 6.10. The molecule has 0 aliphatic carbocycles. The smallest absolute Gasteiger partial charge is 0.248 e. The topological polar surface area (TPSA) is 79.9 Å². The maximum absolute atomic E-state index is 11.3. The van der Waals surface area contributed by atoms with E-state index in [0.717, 1.165) is 17.0 Å². The summed E-state index contributed by atoms with van der Waals surface area (Å²) in [6.45, 7) is 2.84. The van der Waals surface area contributed by atoms with Crippen molar-refractivity contribution in [2.24, 2.45) is 0 Å². The van der Waals surface area contributed by atoms with Crippen molar-refractivity contribution in [3.63, 3.8) is 0 Å². The van der Waals surface area contributed by atoms with Gasteiger partial charge in [-0.2, -0.15) is 0 Å². The third kappa shape index (κ3) is 3.89. The number of pyridine rings is 1. The fourth-order valence-corrected chi connectivity index (χ4v) is 1.77. The quantitative estimate of drug-likeness (QED) is 0.845. The molecule has 0 amide bonds. The summed E-state index contributed by atoms with van der Waals surface area (Å²) in [7, 11) is 1.62. The summed E-state index contributed by atoms with van der Waals surface area (Å²) in [6.07, 6.45) is 1.49. The predicted molar refractivity (Wildman–Crippen MR) is 71.9 cm³/mol. The molecule has 2 heterocycles. The standard InChI is InChI=1S/C13H16N4O2/c1-9-3-10(4-13(18)17-9)6-14-12-5-11(7-19-2)15-8-16-12/h3-5,8H,6-7H2,1-2H3,(H,17,18)(H,14,15,16). The average molecular weight is 260 g/mol. The zero-order valence-electron chi connectivity index (χ0n) is 10.9. The first kappa shape index (κ1) is 13.2. The molecule has 0 bridgehead atoms. The van der Waals surface area contributed by atoms with E-state index in [1.807, 2.05) is 19.1 Å². The molecule has 6 nitrogen and oxygen atoms in total. The van der Waals surface area contributed by atoms with Crippen LogP contribution in [0.5, 0.6) is 0 Å². The van der Waals surface area contributed by atoms with Crippen molar-refractivity contribution in [1.29, 1.82) is 0 Å². The summed E-state index contributed by atoms with van der Waals surface area (Å²) in [6, 6.07) is 5.31. The Bertz CT molecular complexity index is 610. The molecule has 6 heteroatoms. The highest BCUT2D eigenvalue weighted by Crippen LogP contribution is 2.07. The number of rotatable bonds is 5. The molecule has 0 aliphatic rings. The maximum atomic E-state index is 11.3. The minimum Gasteiger partial charge on any atom is -0.378 e. The lowest BCUT2D eigenvalue weighted by Crippen LogP contribution is -2.10. The maximum Gasteiger partial charge on any atom is 0.248 e. The van der Waals surface area contributed by atoms with E-state index in [0.29, 0.717) is 19.0 Å². The molecular formula is C13H16N4O2. The number of anilines is 1. The van der Waals surface area contributed by atoms with E-state index < -0.39 is 0 Å². The molecule has 0 unspecified atom stereocenters. The van der Waals surface area contributed by atoms with E-state index in [4.69, 9.17) is 4.74 Å². The van der Waals surface area contributed by atoms with Gasteiger partial charge in [-0.1, -0.05) is 0 Å². The average Bonchev–Trinajstić information content (AvgIpc) is 2.36. The molecule has 2 aromatic rings. The third-order valence-electron chi connectivity index (χ3n) is 2.53. The van der Waals surface area contributed by atoms with E-state index in [2.05, 4.69) is 20.3 Å². The number of methoxy groups -OCH3 is 1. The fraction of sp³-hybridized carbons (Fsp3) is 0.308. The van der Waals surface area contributed by atoms with Crippen LogP contribution in [0.3, 0.4) is 0 Å². The van der Waals surface area contributed by atoms with E-state index in [9.17, 15) is 4.79 Å². The second-order valence-corrected chi connectivity index (χ2v) is 4.22. The van der Waals surface area contributed by atoms with Gasteiger partial charge >= 0.3 is 0 Å². The first-order chi connectivity index (χ1) is 9.17. The lowest BCUT2D eigenvalue weighted by Gasteiger charge is -2.07. The number of hydrogen-bond donors (Lipinski definition) is 2. The Morgan fingerprint density at radius 1 is 1.32 bits per heavy atom. The summed E-state index contributed by atoms with van der Waals surface area (Å²) < 4.78 is 5.01. The number of aromatic amines is 1. The van der Waals surface area contributed by atoms with Crippen molar-refractivity contribution >= 4 is 5.82 Å². The summed E-state index contributed by atoms with van der Waals surface area (Å²) in [4.78, 5) is 22.2. The van der Waals surface area contributed by atoms with Gasteiger partial charge in [0.15, 0.2) is 0 Å². The number of H-pyrrole nitrogens is 1. The van der Waals surface area contributed by atoms with Gasteiger partial charge in [-0.25, -0.2) is 9.97 Å². The molecule has 2 rings (SSSR count). The van der Waals surface area contributed by atoms with E-state index in [-0.39, 0.29) is 5.56 Å². The van der Waals surface area contributed by atoms with Crippen molar-refractivity contribution in [1.82, 2.24) is 15.0 Å². The van der Waals surface area contributed by atoms with Crippen LogP contribution in [0, 0.1) is 6.92 Å². The van der Waals surface area contributed by atoms with Gasteiger partial charge in [0.2, 0.25) is 5.56 Å². The van der Waals surface area contributed by atoms with Crippen LogP contribution in [0.4, 0.5) is 5.82 Å². The highest BCUT2D eigenvalue weighted by Gasteiger charge is 2.00. The molecule has 0 aromatic carbocycles. The Labute approximate surface area is 110 Å². The van der Waals surface area contributed by atoms with Gasteiger partial charge in [0, 0.05) is 31.5 Å². The minimum atomic E-state index is -0.0976. The predicted octanol–water partition coefficient (Wildman–Crippen LogP) is 1.23. The van der Waals surface area contributed by atoms with Gasteiger partial charge in [-0.15, -0.1) is 0 Å². The van der Waals surface area contributed by atoms with Gasteiger partial charge in [0.25, 0.3) is 0 Å². The van der Waals surface area contributed by atoms with Gasteiger partial charge in [-0.05, 0) is 18.6 Å². The third-order valence-corrected chi connectivity index (χ3v) is 2.53. The van der Waals surface area contributed by atoms with Crippen LogP contribution in [-0.4, -0.2) is 22.1 Å². The fourth-order valence-electron chi connectivity index (χ4n) is 1.77. The first-order valence-electron chi connectivity index (χ1n) is 5.91. The number of aromatic nitrogens is 3. The summed E-state index contributed by atoms with van der Waals surface area (Å²) in [5, 5.41) is 3.15. The molecule has 0 saturated heterocycles. The molecule has 0 saturated carbocycles. The van der Waals surface area contributed by atoms with Crippen LogP contribution in [-0.2, 0) is 17.9 Å². The lowest BCUT2D eigenvalue weighted by atomic mass is 10.2. The van der Waals surface area contributed by atoms with Gasteiger partial charge in [-0.3, -0.25) is 4.79 Å². The van der Waals surface area contributed by atoms with Crippen molar-refractivity contribution in [3.8, 4) is 0 Å². The molecule has 0 radical (unpaired) electrons. The number of nitrogens with zero attached hydrogens (tertiary/aromatic N) is 2. The zero-order valence-corrected chi connectivity index (χ0v) is 10.9. The molecule has 0 fully saturated rings. The molecule has 0 atom stereocenters. The van der Waals surface area contributed by atoms with Crippen LogP contribution < -0.4 is 10.9 Å². The Balaban J connectivity index is 2.05. The first-order valence-corrected chi connectivity index (χ1v) is 5.91. The van der Waals surface area contributed by atoms with E-state index in [1.165, 1.54) is 6.33 Å². The highest BCUT2D eigenvalue weighted by molar-refractivity contribution is 5.36. The Morgan fingerprint density at radius 3 is 2.89 bits per heavy atom. The van der Waals surface area contributed by atoms with Crippen LogP contribution in [0.25, 0.3) is 0 Å². The van der Waals surface area contributed by atoms with Crippen molar-refractivity contribution in [2.45, 2.75) is 20.1 Å². The highest BCUT2D eigenvalue weighted by atomic mass is 16.5. The molecule has 0 aliphatic heterocycles. The summed E-state index contributed by atoms with van der Waals surface area (Å²) in [5.41, 5.74) is 2.46. The second-order valence-electron chi connectivity index (χ2n) is 4.22. The molecule has 19 heavy (non-hydrogen) atoms. The number of hydrogen-bond acceptors (Lipinski definition) is 5. The largest absolute Gasteiger partial charge is 0.378 e. The van der Waals surface area contributed by atoms with Gasteiger partial charge < -0.3 is 15.0 Å². The Kier molecular flexibility index (Phi) is 4.25. The monoisotopic (exact) mass is 260 g/mol. The molecule has 2 aromatic heterocycles. The van der Waals surface area contributed by atoms with Crippen LogP contribution >= 0.6 is 0 Å².